The van der Waals surface area contributed by atoms with Crippen LogP contribution in [0.5, 0.6) is 0 Å². The Bertz CT molecular complexity index is 136. The second-order valence-electron chi connectivity index (χ2n) is 4.59. The van der Waals surface area contributed by atoms with Gasteiger partial charge in [0.2, 0.25) is 0 Å². The summed E-state index contributed by atoms with van der Waals surface area (Å²) in [4.78, 5) is 0. The van der Waals surface area contributed by atoms with Crippen molar-refractivity contribution in [2.75, 3.05) is 19.8 Å². The van der Waals surface area contributed by atoms with E-state index < -0.39 is 5.41 Å². The zero-order valence-electron chi connectivity index (χ0n) is 10.1. The molecule has 0 saturated carbocycles. The highest BCUT2D eigenvalue weighted by Gasteiger charge is 2.33. The molecule has 0 aromatic heterocycles. The van der Waals surface area contributed by atoms with Gasteiger partial charge in [0, 0.05) is 5.41 Å². The van der Waals surface area contributed by atoms with Crippen LogP contribution in [0.1, 0.15) is 46.0 Å². The minimum absolute atomic E-state index is 0.144. The molecule has 15 heavy (non-hydrogen) atoms. The van der Waals surface area contributed by atoms with Crippen molar-refractivity contribution in [3.05, 3.63) is 0 Å². The molecule has 1 unspecified atom stereocenters. The summed E-state index contributed by atoms with van der Waals surface area (Å²) in [6.07, 6.45) is 5.70. The van der Waals surface area contributed by atoms with Gasteiger partial charge in [-0.3, -0.25) is 0 Å². The molecule has 3 N–H and O–H groups in total. The van der Waals surface area contributed by atoms with E-state index in [2.05, 4.69) is 6.92 Å². The molecule has 0 fully saturated rings. The predicted molar refractivity (Wildman–Crippen MR) is 61.6 cm³/mol. The second kappa shape index (κ2) is 8.08. The van der Waals surface area contributed by atoms with Gasteiger partial charge in [-0.15, -0.1) is 0 Å². The van der Waals surface area contributed by atoms with Gasteiger partial charge >= 0.3 is 0 Å². The fourth-order valence-corrected chi connectivity index (χ4v) is 1.80. The van der Waals surface area contributed by atoms with Crippen molar-refractivity contribution in [3.8, 4) is 0 Å². The van der Waals surface area contributed by atoms with Crippen LogP contribution >= 0.6 is 0 Å². The van der Waals surface area contributed by atoms with Crippen LogP contribution in [0.25, 0.3) is 0 Å². The van der Waals surface area contributed by atoms with E-state index in [-0.39, 0.29) is 25.7 Å². The van der Waals surface area contributed by atoms with Gasteiger partial charge in [0.05, 0.1) is 19.8 Å². The molecule has 0 aromatic carbocycles. The van der Waals surface area contributed by atoms with E-state index in [1.54, 1.807) is 0 Å². The van der Waals surface area contributed by atoms with Crippen molar-refractivity contribution in [1.82, 2.24) is 0 Å². The molecule has 92 valence electrons. The van der Waals surface area contributed by atoms with Crippen LogP contribution in [0.4, 0.5) is 0 Å². The molecule has 0 aliphatic rings. The summed E-state index contributed by atoms with van der Waals surface area (Å²) in [6.45, 7) is 3.73. The van der Waals surface area contributed by atoms with Crippen molar-refractivity contribution < 1.29 is 15.3 Å². The molecule has 3 nitrogen and oxygen atoms in total. The van der Waals surface area contributed by atoms with Crippen LogP contribution in [-0.4, -0.2) is 35.1 Å². The summed E-state index contributed by atoms with van der Waals surface area (Å²) < 4.78 is 0. The lowest BCUT2D eigenvalue weighted by molar-refractivity contribution is -0.0361. The Morgan fingerprint density at radius 2 is 1.47 bits per heavy atom. The maximum absolute atomic E-state index is 9.23. The van der Waals surface area contributed by atoms with Gasteiger partial charge < -0.3 is 15.3 Å². The molecule has 0 aromatic rings. The third kappa shape index (κ3) is 4.49. The van der Waals surface area contributed by atoms with Gasteiger partial charge in [-0.1, -0.05) is 39.5 Å². The molecule has 0 amide bonds. The predicted octanol–water partition coefficient (Wildman–Crippen LogP) is 1.56. The van der Waals surface area contributed by atoms with Crippen molar-refractivity contribution >= 4 is 0 Å². The molecule has 0 saturated heterocycles. The highest BCUT2D eigenvalue weighted by atomic mass is 16.3. The minimum atomic E-state index is -0.702. The quantitative estimate of drug-likeness (QED) is 0.515. The molecule has 0 heterocycles. The Balaban J connectivity index is 3.97. The summed E-state index contributed by atoms with van der Waals surface area (Å²) in [7, 11) is 0. The minimum Gasteiger partial charge on any atom is -0.396 e. The SMILES string of the molecule is CCCCCCC(C)C(CO)(CO)CO. The Labute approximate surface area is 93.1 Å². The van der Waals surface area contributed by atoms with Crippen LogP contribution in [0.2, 0.25) is 0 Å². The van der Waals surface area contributed by atoms with E-state index in [0.29, 0.717) is 0 Å². The number of unbranched alkanes of at least 4 members (excludes halogenated alkanes) is 3. The first-order valence-electron chi connectivity index (χ1n) is 5.99. The van der Waals surface area contributed by atoms with Gasteiger partial charge in [0.15, 0.2) is 0 Å². The first kappa shape index (κ1) is 14.9. The largest absolute Gasteiger partial charge is 0.396 e. The lowest BCUT2D eigenvalue weighted by atomic mass is 9.76. The zero-order chi connectivity index (χ0) is 11.7. The average Bonchev–Trinajstić information content (AvgIpc) is 2.28. The van der Waals surface area contributed by atoms with Crippen molar-refractivity contribution in [3.63, 3.8) is 0 Å². The number of aliphatic hydroxyl groups excluding tert-OH is 3. The van der Waals surface area contributed by atoms with E-state index in [1.807, 2.05) is 6.92 Å². The average molecular weight is 218 g/mol. The highest BCUT2D eigenvalue weighted by molar-refractivity contribution is 4.82. The first-order chi connectivity index (χ1) is 7.16. The van der Waals surface area contributed by atoms with E-state index in [4.69, 9.17) is 0 Å². The summed E-state index contributed by atoms with van der Waals surface area (Å²) in [5, 5.41) is 27.7. The monoisotopic (exact) mass is 218 g/mol. The van der Waals surface area contributed by atoms with Gasteiger partial charge in [-0.2, -0.15) is 0 Å². The van der Waals surface area contributed by atoms with Gasteiger partial charge in [-0.25, -0.2) is 0 Å². The molecule has 0 aliphatic heterocycles. The normalized spacial score (nSPS) is 14.2. The molecule has 0 aliphatic carbocycles. The van der Waals surface area contributed by atoms with Crippen LogP contribution in [0.15, 0.2) is 0 Å². The topological polar surface area (TPSA) is 60.7 Å². The van der Waals surface area contributed by atoms with Crippen LogP contribution in [-0.2, 0) is 0 Å². The summed E-state index contributed by atoms with van der Waals surface area (Å²) in [5.74, 6) is 0.161. The molecule has 0 radical (unpaired) electrons. The third-order valence-corrected chi connectivity index (χ3v) is 3.48. The fraction of sp³-hybridized carbons (Fsp3) is 1.00. The van der Waals surface area contributed by atoms with Crippen molar-refractivity contribution in [1.29, 1.82) is 0 Å². The van der Waals surface area contributed by atoms with Gasteiger partial charge in [0.1, 0.15) is 0 Å². The second-order valence-corrected chi connectivity index (χ2v) is 4.59. The Morgan fingerprint density at radius 1 is 0.933 bits per heavy atom. The zero-order valence-corrected chi connectivity index (χ0v) is 10.1. The van der Waals surface area contributed by atoms with E-state index in [0.717, 1.165) is 12.8 Å². The van der Waals surface area contributed by atoms with E-state index >= 15 is 0 Å². The Hall–Kier alpha value is -0.120. The lowest BCUT2D eigenvalue weighted by Gasteiger charge is -2.34. The summed E-state index contributed by atoms with van der Waals surface area (Å²) >= 11 is 0. The number of rotatable bonds is 9. The number of hydrogen-bond acceptors (Lipinski definition) is 3. The van der Waals surface area contributed by atoms with E-state index in [1.165, 1.54) is 19.3 Å². The van der Waals surface area contributed by atoms with Crippen molar-refractivity contribution in [2.45, 2.75) is 46.0 Å². The first-order valence-corrected chi connectivity index (χ1v) is 5.99. The number of aliphatic hydroxyl groups is 3. The van der Waals surface area contributed by atoms with Gasteiger partial charge in [0.25, 0.3) is 0 Å². The standard InChI is InChI=1S/C12H26O3/c1-3-4-5-6-7-11(2)12(8-13,9-14)10-15/h11,13-15H,3-10H2,1-2H3. The molecule has 1 atom stereocenters. The number of hydrogen-bond donors (Lipinski definition) is 3. The molecular weight excluding hydrogens is 192 g/mol. The summed E-state index contributed by atoms with van der Waals surface area (Å²) in [5.41, 5.74) is -0.702. The van der Waals surface area contributed by atoms with E-state index in [9.17, 15) is 15.3 Å². The fourth-order valence-electron chi connectivity index (χ4n) is 1.80. The van der Waals surface area contributed by atoms with Crippen LogP contribution in [0, 0.1) is 11.3 Å². The maximum atomic E-state index is 9.23. The summed E-state index contributed by atoms with van der Waals surface area (Å²) in [6, 6.07) is 0. The highest BCUT2D eigenvalue weighted by Crippen LogP contribution is 2.30. The Morgan fingerprint density at radius 3 is 1.87 bits per heavy atom. The van der Waals surface area contributed by atoms with Crippen molar-refractivity contribution in [2.24, 2.45) is 11.3 Å². The lowest BCUT2D eigenvalue weighted by Crippen LogP contribution is -2.40. The third-order valence-electron chi connectivity index (χ3n) is 3.48. The molecular formula is C12H26O3. The van der Waals surface area contributed by atoms with Gasteiger partial charge in [-0.05, 0) is 12.3 Å². The van der Waals surface area contributed by atoms with Crippen LogP contribution in [0.3, 0.4) is 0 Å². The molecule has 0 rings (SSSR count). The molecule has 0 spiro atoms. The van der Waals surface area contributed by atoms with Crippen LogP contribution < -0.4 is 0 Å². The molecule has 3 heteroatoms. The maximum Gasteiger partial charge on any atom is 0.0534 e. The molecule has 0 bridgehead atoms. The Kier molecular flexibility index (Phi) is 8.02. The smallest absolute Gasteiger partial charge is 0.0534 e.